The average Bonchev–Trinajstić information content (AvgIpc) is 3.07. The largest absolute Gasteiger partial charge is 0.338 e. The van der Waals surface area contributed by atoms with Crippen LogP contribution in [0.5, 0.6) is 0 Å². The van der Waals surface area contributed by atoms with Gasteiger partial charge in [0.25, 0.3) is 5.91 Å². The molecule has 4 nitrogen and oxygen atoms in total. The monoisotopic (exact) mass is 327 g/mol. The number of aryl methyl sites for hydroxylation is 1. The summed E-state index contributed by atoms with van der Waals surface area (Å²) in [6, 6.07) is 23.1. The van der Waals surface area contributed by atoms with Gasteiger partial charge < -0.3 is 10.3 Å². The summed E-state index contributed by atoms with van der Waals surface area (Å²) < 4.78 is 0. The second-order valence-electron chi connectivity index (χ2n) is 5.92. The van der Waals surface area contributed by atoms with E-state index in [0.717, 1.165) is 27.8 Å². The van der Waals surface area contributed by atoms with Gasteiger partial charge in [0.15, 0.2) is 0 Å². The smallest absolute Gasteiger partial charge is 0.256 e. The highest BCUT2D eigenvalue weighted by molar-refractivity contribution is 6.08. The predicted molar refractivity (Wildman–Crippen MR) is 101 cm³/mol. The van der Waals surface area contributed by atoms with E-state index in [4.69, 9.17) is 0 Å². The van der Waals surface area contributed by atoms with Crippen molar-refractivity contribution < 1.29 is 4.79 Å². The summed E-state index contributed by atoms with van der Waals surface area (Å²) in [7, 11) is 0. The first-order valence-corrected chi connectivity index (χ1v) is 8.13. The van der Waals surface area contributed by atoms with Gasteiger partial charge in [-0.1, -0.05) is 48.5 Å². The van der Waals surface area contributed by atoms with Crippen molar-refractivity contribution in [1.29, 1.82) is 0 Å². The summed E-state index contributed by atoms with van der Waals surface area (Å²) in [5.74, 6) is 0.544. The molecular weight excluding hydrogens is 310 g/mol. The minimum atomic E-state index is -0.148. The van der Waals surface area contributed by atoms with Gasteiger partial charge in [-0.25, -0.2) is 4.98 Å². The number of anilines is 1. The highest BCUT2D eigenvalue weighted by atomic mass is 16.1. The van der Waals surface area contributed by atoms with Crippen molar-refractivity contribution in [2.75, 3.05) is 5.32 Å². The maximum Gasteiger partial charge on any atom is 0.256 e. The Hall–Kier alpha value is -3.40. The highest BCUT2D eigenvalue weighted by Crippen LogP contribution is 2.25. The standard InChI is InChI=1S/C21H17N3O/c1-14-8-2-5-11-17(14)24-21(25)16-10-4-3-9-15(16)20-22-18-12-6-7-13-19(18)23-20/h2-13H,1H3,(H,22,23)(H,24,25). The maximum absolute atomic E-state index is 12.8. The van der Waals surface area contributed by atoms with Gasteiger partial charge in [-0.3, -0.25) is 4.79 Å². The summed E-state index contributed by atoms with van der Waals surface area (Å²) in [6.45, 7) is 1.97. The molecule has 0 spiro atoms. The first-order valence-electron chi connectivity index (χ1n) is 8.13. The van der Waals surface area contributed by atoms with Crippen LogP contribution in [0, 0.1) is 6.92 Å². The van der Waals surface area contributed by atoms with Crippen molar-refractivity contribution in [1.82, 2.24) is 9.97 Å². The molecule has 4 heteroatoms. The normalized spacial score (nSPS) is 10.8. The van der Waals surface area contributed by atoms with Crippen molar-refractivity contribution in [2.45, 2.75) is 6.92 Å². The molecule has 4 rings (SSSR count). The summed E-state index contributed by atoms with van der Waals surface area (Å²) >= 11 is 0. The molecule has 0 aliphatic carbocycles. The Morgan fingerprint density at radius 2 is 1.64 bits per heavy atom. The number of nitrogens with zero attached hydrogens (tertiary/aromatic N) is 1. The van der Waals surface area contributed by atoms with E-state index in [1.165, 1.54) is 0 Å². The number of rotatable bonds is 3. The van der Waals surface area contributed by atoms with Crippen LogP contribution in [0.25, 0.3) is 22.4 Å². The second kappa shape index (κ2) is 6.24. The van der Waals surface area contributed by atoms with Crippen LogP contribution in [0.2, 0.25) is 0 Å². The van der Waals surface area contributed by atoms with Gasteiger partial charge in [0, 0.05) is 11.3 Å². The number of imidazole rings is 1. The molecule has 0 radical (unpaired) electrons. The van der Waals surface area contributed by atoms with E-state index in [9.17, 15) is 4.79 Å². The van der Waals surface area contributed by atoms with E-state index in [-0.39, 0.29) is 5.91 Å². The average molecular weight is 327 g/mol. The quantitative estimate of drug-likeness (QED) is 0.568. The number of aromatic nitrogens is 2. The lowest BCUT2D eigenvalue weighted by atomic mass is 10.1. The molecule has 122 valence electrons. The number of nitrogens with one attached hydrogen (secondary N) is 2. The molecule has 0 fully saturated rings. The third-order valence-electron chi connectivity index (χ3n) is 4.21. The van der Waals surface area contributed by atoms with Crippen LogP contribution in [0.15, 0.2) is 72.8 Å². The van der Waals surface area contributed by atoms with Crippen molar-refractivity contribution >= 4 is 22.6 Å². The van der Waals surface area contributed by atoms with E-state index in [1.54, 1.807) is 0 Å². The van der Waals surface area contributed by atoms with Gasteiger partial charge in [0.2, 0.25) is 0 Å². The van der Waals surface area contributed by atoms with E-state index in [1.807, 2.05) is 79.7 Å². The zero-order chi connectivity index (χ0) is 17.2. The molecule has 25 heavy (non-hydrogen) atoms. The van der Waals surface area contributed by atoms with Crippen LogP contribution in [0.4, 0.5) is 5.69 Å². The fourth-order valence-electron chi connectivity index (χ4n) is 2.87. The van der Waals surface area contributed by atoms with Crippen LogP contribution >= 0.6 is 0 Å². The molecule has 4 aromatic rings. The van der Waals surface area contributed by atoms with E-state index < -0.39 is 0 Å². The molecular formula is C21H17N3O. The van der Waals surface area contributed by atoms with Crippen LogP contribution in [0.3, 0.4) is 0 Å². The third kappa shape index (κ3) is 2.90. The number of fused-ring (bicyclic) bond motifs is 1. The molecule has 0 saturated carbocycles. The van der Waals surface area contributed by atoms with Gasteiger partial charge in [0.1, 0.15) is 5.82 Å². The van der Waals surface area contributed by atoms with Gasteiger partial charge in [-0.05, 0) is 36.8 Å². The number of carbonyl (C=O) groups is 1. The lowest BCUT2D eigenvalue weighted by molar-refractivity contribution is 0.102. The minimum absolute atomic E-state index is 0.148. The molecule has 0 aliphatic heterocycles. The molecule has 0 saturated heterocycles. The van der Waals surface area contributed by atoms with E-state index >= 15 is 0 Å². The number of benzene rings is 3. The molecule has 3 aromatic carbocycles. The molecule has 0 bridgehead atoms. The molecule has 1 aromatic heterocycles. The van der Waals surface area contributed by atoms with Gasteiger partial charge in [0.05, 0.1) is 16.6 Å². The van der Waals surface area contributed by atoms with Crippen molar-refractivity contribution in [3.8, 4) is 11.4 Å². The Labute approximate surface area is 145 Å². The first kappa shape index (κ1) is 15.1. The Bertz CT molecular complexity index is 1030. The summed E-state index contributed by atoms with van der Waals surface area (Å²) in [5, 5.41) is 2.99. The summed E-state index contributed by atoms with van der Waals surface area (Å²) in [5.41, 5.74) is 5.04. The van der Waals surface area contributed by atoms with Gasteiger partial charge in [-0.15, -0.1) is 0 Å². The second-order valence-corrected chi connectivity index (χ2v) is 5.92. The topological polar surface area (TPSA) is 57.8 Å². The summed E-state index contributed by atoms with van der Waals surface area (Å²) in [4.78, 5) is 20.7. The molecule has 1 amide bonds. The number of hydrogen-bond donors (Lipinski definition) is 2. The van der Waals surface area contributed by atoms with Crippen LogP contribution < -0.4 is 5.32 Å². The molecule has 0 unspecified atom stereocenters. The molecule has 0 atom stereocenters. The minimum Gasteiger partial charge on any atom is -0.338 e. The Balaban J connectivity index is 1.74. The zero-order valence-corrected chi connectivity index (χ0v) is 13.8. The zero-order valence-electron chi connectivity index (χ0n) is 13.8. The number of H-pyrrole nitrogens is 1. The van der Waals surface area contributed by atoms with E-state index in [2.05, 4.69) is 15.3 Å². The van der Waals surface area contributed by atoms with Gasteiger partial charge >= 0.3 is 0 Å². The highest BCUT2D eigenvalue weighted by Gasteiger charge is 2.15. The van der Waals surface area contributed by atoms with Crippen LogP contribution in [-0.4, -0.2) is 15.9 Å². The molecule has 1 heterocycles. The first-order chi connectivity index (χ1) is 12.2. The number of carbonyl (C=O) groups excluding carboxylic acids is 1. The lowest BCUT2D eigenvalue weighted by Gasteiger charge is -2.10. The molecule has 0 aliphatic rings. The number of aromatic amines is 1. The number of hydrogen-bond acceptors (Lipinski definition) is 2. The number of para-hydroxylation sites is 3. The predicted octanol–water partition coefficient (Wildman–Crippen LogP) is 4.79. The maximum atomic E-state index is 12.8. The molecule has 2 N–H and O–H groups in total. The van der Waals surface area contributed by atoms with Crippen LogP contribution in [-0.2, 0) is 0 Å². The van der Waals surface area contributed by atoms with Crippen molar-refractivity contribution in [2.24, 2.45) is 0 Å². The Kier molecular flexibility index (Phi) is 3.78. The van der Waals surface area contributed by atoms with Crippen molar-refractivity contribution in [3.63, 3.8) is 0 Å². The number of amides is 1. The fraction of sp³-hybridized carbons (Fsp3) is 0.0476. The van der Waals surface area contributed by atoms with Gasteiger partial charge in [-0.2, -0.15) is 0 Å². The van der Waals surface area contributed by atoms with Crippen LogP contribution in [0.1, 0.15) is 15.9 Å². The Morgan fingerprint density at radius 3 is 2.48 bits per heavy atom. The lowest BCUT2D eigenvalue weighted by Crippen LogP contribution is -2.14. The van der Waals surface area contributed by atoms with E-state index in [0.29, 0.717) is 11.4 Å². The fourth-order valence-corrected chi connectivity index (χ4v) is 2.87. The Morgan fingerprint density at radius 1 is 0.920 bits per heavy atom. The SMILES string of the molecule is Cc1ccccc1NC(=O)c1ccccc1-c1nc2ccccc2[nH]1. The summed E-state index contributed by atoms with van der Waals surface area (Å²) in [6.07, 6.45) is 0. The van der Waals surface area contributed by atoms with Crippen molar-refractivity contribution in [3.05, 3.63) is 83.9 Å². The third-order valence-corrected chi connectivity index (χ3v) is 4.21.